The Bertz CT molecular complexity index is 828. The zero-order chi connectivity index (χ0) is 19.9. The summed E-state index contributed by atoms with van der Waals surface area (Å²) in [5, 5.41) is 14.9. The highest BCUT2D eigenvalue weighted by atomic mass is 32.2. The Morgan fingerprint density at radius 1 is 1.32 bits per heavy atom. The molecule has 10 heteroatoms. The summed E-state index contributed by atoms with van der Waals surface area (Å²) in [6.07, 6.45) is 0. The van der Waals surface area contributed by atoms with Crippen LogP contribution in [0.5, 0.6) is 0 Å². The van der Waals surface area contributed by atoms with Gasteiger partial charge in [0.2, 0.25) is 10.9 Å². The first kappa shape index (κ1) is 20.7. The van der Waals surface area contributed by atoms with Crippen LogP contribution in [0.4, 0.5) is 5.69 Å². The third-order valence-electron chi connectivity index (χ3n) is 4.48. The van der Waals surface area contributed by atoms with Crippen molar-refractivity contribution in [3.8, 4) is 0 Å². The predicted molar refractivity (Wildman–Crippen MR) is 112 cm³/mol. The average molecular weight is 421 g/mol. The molecule has 0 radical (unpaired) electrons. The van der Waals surface area contributed by atoms with Gasteiger partial charge in [0.05, 0.1) is 5.75 Å². The Morgan fingerprint density at radius 3 is 2.89 bits per heavy atom. The van der Waals surface area contributed by atoms with Gasteiger partial charge in [0.15, 0.2) is 0 Å². The molecule has 150 valence electrons. The number of aryl methyl sites for hydroxylation is 1. The second-order valence-corrected chi connectivity index (χ2v) is 8.69. The van der Waals surface area contributed by atoms with E-state index in [1.165, 1.54) is 23.1 Å². The van der Waals surface area contributed by atoms with Crippen LogP contribution < -0.4 is 21.5 Å². The molecule has 1 aliphatic rings. The fraction of sp³-hybridized carbons (Fsp3) is 0.444. The van der Waals surface area contributed by atoms with Crippen LogP contribution in [0.3, 0.4) is 0 Å². The summed E-state index contributed by atoms with van der Waals surface area (Å²) in [5.74, 6) is 1.03. The molecule has 0 saturated carbocycles. The van der Waals surface area contributed by atoms with Gasteiger partial charge in [-0.25, -0.2) is 0 Å². The van der Waals surface area contributed by atoms with Crippen LogP contribution in [0.15, 0.2) is 24.3 Å². The molecular weight excluding hydrogens is 396 g/mol. The summed E-state index contributed by atoms with van der Waals surface area (Å²) in [6.45, 7) is 5.53. The molecule has 1 aliphatic heterocycles. The first-order valence-electron chi connectivity index (χ1n) is 9.05. The maximum Gasteiger partial charge on any atom is 0.286 e. The van der Waals surface area contributed by atoms with Gasteiger partial charge in [-0.2, -0.15) is 0 Å². The van der Waals surface area contributed by atoms with Crippen molar-refractivity contribution in [3.63, 3.8) is 0 Å². The first-order chi connectivity index (χ1) is 13.5. The lowest BCUT2D eigenvalue weighted by atomic mass is 10.0. The highest BCUT2D eigenvalue weighted by Gasteiger charge is 2.22. The van der Waals surface area contributed by atoms with Crippen molar-refractivity contribution in [2.24, 2.45) is 5.92 Å². The molecule has 0 spiro atoms. The van der Waals surface area contributed by atoms with Crippen molar-refractivity contribution < 1.29 is 9.59 Å². The highest BCUT2D eigenvalue weighted by molar-refractivity contribution is 7.99. The normalized spacial score (nSPS) is 18.8. The minimum atomic E-state index is -0.270. The lowest BCUT2D eigenvalue weighted by Gasteiger charge is -2.14. The molecule has 28 heavy (non-hydrogen) atoms. The van der Waals surface area contributed by atoms with Crippen molar-refractivity contribution >= 4 is 40.6 Å². The number of thioether (sulfide) groups is 1. The van der Waals surface area contributed by atoms with E-state index < -0.39 is 0 Å². The van der Waals surface area contributed by atoms with Crippen LogP contribution in [0, 0.1) is 12.8 Å². The summed E-state index contributed by atoms with van der Waals surface area (Å²) in [7, 11) is 0. The Balaban J connectivity index is 1.40. The zero-order valence-corrected chi connectivity index (χ0v) is 17.5. The SMILES string of the molecule is Cc1ccccc1NC(=O)c1nnc(CSCC(=O)NCC2CNNC2C)s1. The number of benzene rings is 1. The number of anilines is 1. The van der Waals surface area contributed by atoms with Gasteiger partial charge in [-0.3, -0.25) is 20.4 Å². The Morgan fingerprint density at radius 2 is 2.14 bits per heavy atom. The van der Waals surface area contributed by atoms with Gasteiger partial charge in [0.25, 0.3) is 5.91 Å². The lowest BCUT2D eigenvalue weighted by molar-refractivity contribution is -0.118. The number of hydrogen-bond donors (Lipinski definition) is 4. The number of nitrogens with zero attached hydrogens (tertiary/aromatic N) is 2. The molecule has 2 aromatic rings. The standard InChI is InChI=1S/C18H24N6O2S2/c1-11-5-3-4-6-14(11)21-17(26)18-24-23-16(28-18)10-27-9-15(25)19-7-13-8-20-22-12(13)2/h3-6,12-13,20,22H,7-10H2,1-2H3,(H,19,25)(H,21,26). The zero-order valence-electron chi connectivity index (χ0n) is 15.8. The van der Waals surface area contributed by atoms with Crippen molar-refractivity contribution in [1.82, 2.24) is 26.4 Å². The molecule has 1 fully saturated rings. The number of nitrogens with one attached hydrogen (secondary N) is 4. The maximum absolute atomic E-state index is 12.3. The minimum Gasteiger partial charge on any atom is -0.355 e. The third kappa shape index (κ3) is 5.74. The number of hydrogen-bond acceptors (Lipinski definition) is 8. The number of carbonyl (C=O) groups is 2. The number of aromatic nitrogens is 2. The van der Waals surface area contributed by atoms with Crippen molar-refractivity contribution in [1.29, 1.82) is 0 Å². The van der Waals surface area contributed by atoms with Crippen molar-refractivity contribution in [2.75, 3.05) is 24.2 Å². The van der Waals surface area contributed by atoms with E-state index in [2.05, 4.69) is 38.6 Å². The molecule has 2 unspecified atom stereocenters. The van der Waals surface area contributed by atoms with E-state index in [1.807, 2.05) is 31.2 Å². The molecule has 4 N–H and O–H groups in total. The molecular formula is C18H24N6O2S2. The fourth-order valence-electron chi connectivity index (χ4n) is 2.71. The molecule has 1 saturated heterocycles. The number of para-hydroxylation sites is 1. The van der Waals surface area contributed by atoms with E-state index in [9.17, 15) is 9.59 Å². The van der Waals surface area contributed by atoms with Gasteiger partial charge >= 0.3 is 0 Å². The molecule has 0 aliphatic carbocycles. The van der Waals surface area contributed by atoms with E-state index in [0.29, 0.717) is 35.0 Å². The highest BCUT2D eigenvalue weighted by Crippen LogP contribution is 2.19. The number of carbonyl (C=O) groups excluding carboxylic acids is 2. The van der Waals surface area contributed by atoms with Gasteiger partial charge in [0.1, 0.15) is 5.01 Å². The van der Waals surface area contributed by atoms with E-state index in [1.54, 1.807) is 0 Å². The topological polar surface area (TPSA) is 108 Å². The van der Waals surface area contributed by atoms with Crippen molar-refractivity contribution in [2.45, 2.75) is 25.6 Å². The van der Waals surface area contributed by atoms with Gasteiger partial charge < -0.3 is 10.6 Å². The molecule has 2 heterocycles. The summed E-state index contributed by atoms with van der Waals surface area (Å²) >= 11 is 2.71. The van der Waals surface area contributed by atoms with E-state index >= 15 is 0 Å². The minimum absolute atomic E-state index is 0.00568. The van der Waals surface area contributed by atoms with Crippen LogP contribution in [0.2, 0.25) is 0 Å². The second kappa shape index (κ2) is 9.97. The van der Waals surface area contributed by atoms with E-state index in [4.69, 9.17) is 0 Å². The van der Waals surface area contributed by atoms with Crippen molar-refractivity contribution in [3.05, 3.63) is 39.8 Å². The first-order valence-corrected chi connectivity index (χ1v) is 11.0. The molecule has 1 aromatic carbocycles. The molecule has 0 bridgehead atoms. The van der Waals surface area contributed by atoms with Crippen LogP contribution in [0.1, 0.15) is 27.3 Å². The van der Waals surface area contributed by atoms with Crippen LogP contribution in [-0.2, 0) is 10.5 Å². The smallest absolute Gasteiger partial charge is 0.286 e. The molecule has 2 atom stereocenters. The average Bonchev–Trinajstić information content (AvgIpc) is 3.31. The summed E-state index contributed by atoms with van der Waals surface area (Å²) < 4.78 is 0. The monoisotopic (exact) mass is 420 g/mol. The quantitative estimate of drug-likeness (QED) is 0.513. The van der Waals surface area contributed by atoms with Gasteiger partial charge in [-0.15, -0.1) is 22.0 Å². The number of hydrazine groups is 1. The molecule has 2 amide bonds. The Labute approximate surface area is 172 Å². The molecule has 8 nitrogen and oxygen atoms in total. The van der Waals surface area contributed by atoms with Gasteiger partial charge in [-0.05, 0) is 25.5 Å². The van der Waals surface area contributed by atoms with Gasteiger partial charge in [-0.1, -0.05) is 29.5 Å². The molecule has 1 aromatic heterocycles. The lowest BCUT2D eigenvalue weighted by Crippen LogP contribution is -2.36. The summed E-state index contributed by atoms with van der Waals surface area (Å²) in [4.78, 5) is 24.3. The van der Waals surface area contributed by atoms with Gasteiger partial charge in [0, 0.05) is 36.5 Å². The number of rotatable bonds is 8. The van der Waals surface area contributed by atoms with E-state index in [-0.39, 0.29) is 11.8 Å². The molecule has 3 rings (SSSR count). The second-order valence-electron chi connectivity index (χ2n) is 6.64. The van der Waals surface area contributed by atoms with Crippen LogP contribution >= 0.6 is 23.1 Å². The van der Waals surface area contributed by atoms with Crippen LogP contribution in [-0.4, -0.2) is 46.9 Å². The fourth-order valence-corrected chi connectivity index (χ4v) is 4.35. The number of amides is 2. The maximum atomic E-state index is 12.3. The Kier molecular flexibility index (Phi) is 7.37. The van der Waals surface area contributed by atoms with Crippen LogP contribution in [0.25, 0.3) is 0 Å². The summed E-state index contributed by atoms with van der Waals surface area (Å²) in [5.41, 5.74) is 7.97. The van der Waals surface area contributed by atoms with E-state index in [0.717, 1.165) is 22.8 Å². The largest absolute Gasteiger partial charge is 0.355 e. The third-order valence-corrected chi connectivity index (χ3v) is 6.52. The summed E-state index contributed by atoms with van der Waals surface area (Å²) in [6, 6.07) is 7.92. The predicted octanol–water partition coefficient (Wildman–Crippen LogP) is 1.56. The Hall–Kier alpha value is -2.01.